The first kappa shape index (κ1) is 16.9. The fraction of sp³-hybridized carbons (Fsp3) is 0.889. The number of nitrogens with zero attached hydrogens (tertiary/aromatic N) is 3. The van der Waals surface area contributed by atoms with E-state index in [1.165, 1.54) is 0 Å². The molecule has 0 amide bonds. The number of hydrogen-bond donors (Lipinski definition) is 0. The van der Waals surface area contributed by atoms with Gasteiger partial charge in [0, 0.05) is 23.1 Å². The van der Waals surface area contributed by atoms with Crippen LogP contribution < -0.4 is 0 Å². The molecule has 0 radical (unpaired) electrons. The average molecular weight is 282 g/mol. The van der Waals surface area contributed by atoms with Crippen LogP contribution in [0, 0.1) is 0 Å². The number of rotatable bonds is 12. The summed E-state index contributed by atoms with van der Waals surface area (Å²) in [5.74, 6) is 0. The minimum Gasteiger partial charge on any atom is -0.451 e. The van der Waals surface area contributed by atoms with Crippen molar-refractivity contribution in [3.63, 3.8) is 0 Å². The van der Waals surface area contributed by atoms with Crippen molar-refractivity contribution in [2.24, 2.45) is 5.11 Å². The normalized spacial score (nSPS) is 9.83. The minimum absolute atomic E-state index is 0.130. The van der Waals surface area contributed by atoms with Crippen LogP contribution >= 0.6 is 11.6 Å². The van der Waals surface area contributed by atoms with Crippen molar-refractivity contribution >= 4 is 17.0 Å². The van der Waals surface area contributed by atoms with Gasteiger partial charge in [0.1, 0.15) is 6.61 Å². The third-order valence-electron chi connectivity index (χ3n) is 1.59. The maximum atomic E-state index is 10.2. The summed E-state index contributed by atoms with van der Waals surface area (Å²) in [6, 6.07) is 0. The number of carbonyl (C=O) groups is 1. The van der Waals surface area contributed by atoms with Gasteiger partial charge in [0.2, 0.25) is 0 Å². The van der Waals surface area contributed by atoms with Crippen LogP contribution in [0.1, 0.15) is 0 Å². The van der Waals surface area contributed by atoms with Crippen molar-refractivity contribution in [1.29, 1.82) is 0 Å². The lowest BCUT2D eigenvalue weighted by molar-refractivity contribution is 0.00817. The molecule has 8 nitrogen and oxygen atoms in total. The van der Waals surface area contributed by atoms with Crippen molar-refractivity contribution in [1.82, 2.24) is 0 Å². The number of hydrogen-bond acceptors (Lipinski definition) is 6. The van der Waals surface area contributed by atoms with Crippen LogP contribution in [0.3, 0.4) is 0 Å². The van der Waals surface area contributed by atoms with E-state index in [9.17, 15) is 4.79 Å². The van der Waals surface area contributed by atoms with Gasteiger partial charge in [-0.15, -0.1) is 0 Å². The number of halogens is 1. The molecule has 0 unspecified atom stereocenters. The lowest BCUT2D eigenvalue weighted by atomic mass is 10.7. The van der Waals surface area contributed by atoms with E-state index >= 15 is 0 Å². The van der Waals surface area contributed by atoms with Gasteiger partial charge < -0.3 is 18.9 Å². The van der Waals surface area contributed by atoms with Crippen LogP contribution in [-0.2, 0) is 18.9 Å². The van der Waals surface area contributed by atoms with Gasteiger partial charge in [-0.2, -0.15) is 0 Å². The standard InChI is InChI=1S/C9H16ClN3O5/c10-9(14)18-8-7-17-6-5-16-4-3-15-2-1-12-13-11/h1-8H2. The Morgan fingerprint density at radius 3 is 2.00 bits per heavy atom. The summed E-state index contributed by atoms with van der Waals surface area (Å²) in [6.07, 6.45) is 0. The molecule has 0 fully saturated rings. The van der Waals surface area contributed by atoms with Gasteiger partial charge in [0.05, 0.1) is 39.6 Å². The van der Waals surface area contributed by atoms with Crippen molar-refractivity contribution in [3.8, 4) is 0 Å². The predicted octanol–water partition coefficient (Wildman–Crippen LogP) is 1.72. The second-order valence-electron chi connectivity index (χ2n) is 2.88. The van der Waals surface area contributed by atoms with Crippen LogP contribution in [-0.4, -0.2) is 58.2 Å². The molecule has 0 saturated carbocycles. The fourth-order valence-corrected chi connectivity index (χ4v) is 0.950. The van der Waals surface area contributed by atoms with Crippen LogP contribution in [0.5, 0.6) is 0 Å². The van der Waals surface area contributed by atoms with Crippen molar-refractivity contribution < 1.29 is 23.7 Å². The Hall–Kier alpha value is -1.05. The summed E-state index contributed by atoms with van der Waals surface area (Å²) >= 11 is 4.94. The van der Waals surface area contributed by atoms with Crippen molar-refractivity contribution in [3.05, 3.63) is 10.4 Å². The van der Waals surface area contributed by atoms with Gasteiger partial charge in [-0.25, -0.2) is 4.79 Å². The van der Waals surface area contributed by atoms with E-state index < -0.39 is 5.43 Å². The highest BCUT2D eigenvalue weighted by molar-refractivity contribution is 6.61. The summed E-state index contributed by atoms with van der Waals surface area (Å²) in [4.78, 5) is 12.8. The summed E-state index contributed by atoms with van der Waals surface area (Å²) in [5.41, 5.74) is 7.15. The van der Waals surface area contributed by atoms with Gasteiger partial charge in [-0.05, 0) is 5.53 Å². The summed E-state index contributed by atoms with van der Waals surface area (Å²) in [7, 11) is 0. The smallest absolute Gasteiger partial charge is 0.403 e. The zero-order valence-corrected chi connectivity index (χ0v) is 10.7. The Morgan fingerprint density at radius 1 is 1.00 bits per heavy atom. The fourth-order valence-electron chi connectivity index (χ4n) is 0.873. The molecule has 0 bridgehead atoms. The average Bonchev–Trinajstić information content (AvgIpc) is 2.34. The van der Waals surface area contributed by atoms with Crippen LogP contribution in [0.15, 0.2) is 5.11 Å². The molecule has 0 aliphatic rings. The van der Waals surface area contributed by atoms with Gasteiger partial charge in [0.25, 0.3) is 0 Å². The van der Waals surface area contributed by atoms with E-state index in [-0.39, 0.29) is 13.2 Å². The summed E-state index contributed by atoms with van der Waals surface area (Å²) in [5, 5.41) is 3.31. The second-order valence-corrected chi connectivity index (χ2v) is 3.19. The van der Waals surface area contributed by atoms with Crippen molar-refractivity contribution in [2.75, 3.05) is 52.8 Å². The number of carbonyl (C=O) groups excluding carboxylic acids is 1. The largest absolute Gasteiger partial charge is 0.451 e. The molecule has 0 aliphatic carbocycles. The highest BCUT2D eigenvalue weighted by Crippen LogP contribution is 1.87. The maximum absolute atomic E-state index is 10.2. The maximum Gasteiger partial charge on any atom is 0.403 e. The van der Waals surface area contributed by atoms with Crippen LogP contribution in [0.4, 0.5) is 4.79 Å². The van der Waals surface area contributed by atoms with E-state index in [2.05, 4.69) is 14.8 Å². The van der Waals surface area contributed by atoms with E-state index in [0.717, 1.165) is 0 Å². The molecule has 0 aliphatic heterocycles. The number of azide groups is 1. The first-order valence-electron chi connectivity index (χ1n) is 5.33. The molecule has 0 spiro atoms. The highest BCUT2D eigenvalue weighted by Gasteiger charge is 1.95. The van der Waals surface area contributed by atoms with Gasteiger partial charge in [0.15, 0.2) is 0 Å². The summed E-state index contributed by atoms with van der Waals surface area (Å²) < 4.78 is 19.8. The SMILES string of the molecule is [N-]=[N+]=NCCOCCOCCOCCOC(=O)Cl. The Bertz CT molecular complexity index is 249. The predicted molar refractivity (Wildman–Crippen MR) is 63.7 cm³/mol. The van der Waals surface area contributed by atoms with Crippen LogP contribution in [0.25, 0.3) is 10.4 Å². The van der Waals surface area contributed by atoms with E-state index in [1.54, 1.807) is 0 Å². The zero-order valence-electron chi connectivity index (χ0n) is 9.92. The Morgan fingerprint density at radius 2 is 1.50 bits per heavy atom. The molecular weight excluding hydrogens is 266 g/mol. The zero-order chi connectivity index (χ0) is 13.5. The Balaban J connectivity index is 2.98. The molecule has 0 aromatic rings. The topological polar surface area (TPSA) is 103 Å². The summed E-state index contributed by atoms with van der Waals surface area (Å²) in [6.45, 7) is 2.82. The molecular formula is C9H16ClN3O5. The van der Waals surface area contributed by atoms with E-state index in [0.29, 0.717) is 39.6 Å². The lowest BCUT2D eigenvalue weighted by Crippen LogP contribution is -2.12. The van der Waals surface area contributed by atoms with Gasteiger partial charge in [-0.3, -0.25) is 0 Å². The van der Waals surface area contributed by atoms with E-state index in [4.69, 9.17) is 31.3 Å². The Kier molecular flexibility index (Phi) is 13.2. The molecule has 0 rings (SSSR count). The van der Waals surface area contributed by atoms with Crippen molar-refractivity contribution in [2.45, 2.75) is 0 Å². The Labute approximate surface area is 110 Å². The van der Waals surface area contributed by atoms with Gasteiger partial charge >= 0.3 is 5.43 Å². The molecule has 0 heterocycles. The number of ether oxygens (including phenoxy) is 4. The quantitative estimate of drug-likeness (QED) is 0.178. The monoisotopic (exact) mass is 281 g/mol. The molecule has 0 aromatic carbocycles. The third-order valence-corrected chi connectivity index (χ3v) is 1.70. The third kappa shape index (κ3) is 14.9. The molecule has 104 valence electrons. The molecule has 0 N–H and O–H groups in total. The molecule has 0 aromatic heterocycles. The molecule has 0 atom stereocenters. The molecule has 9 heteroatoms. The minimum atomic E-state index is -0.840. The second kappa shape index (κ2) is 14.0. The first-order valence-corrected chi connectivity index (χ1v) is 5.71. The highest BCUT2D eigenvalue weighted by atomic mass is 35.5. The lowest BCUT2D eigenvalue weighted by Gasteiger charge is -2.06. The van der Waals surface area contributed by atoms with Crippen LogP contribution in [0.2, 0.25) is 0 Å². The van der Waals surface area contributed by atoms with E-state index in [1.807, 2.05) is 0 Å². The first-order chi connectivity index (χ1) is 8.77. The molecule has 18 heavy (non-hydrogen) atoms. The molecule has 0 saturated heterocycles. The van der Waals surface area contributed by atoms with Gasteiger partial charge in [-0.1, -0.05) is 5.11 Å².